The Bertz CT molecular complexity index is 938. The summed E-state index contributed by atoms with van der Waals surface area (Å²) in [6.07, 6.45) is 11.7. The Morgan fingerprint density at radius 2 is 1.64 bits per heavy atom. The third-order valence-corrected chi connectivity index (χ3v) is 5.96. The highest BCUT2D eigenvalue weighted by Crippen LogP contribution is 2.21. The van der Waals surface area contributed by atoms with Crippen molar-refractivity contribution >= 4 is 24.1 Å². The molecule has 0 aliphatic rings. The SMILES string of the molecule is C=c1c(C)nn2c(C(C)(C)COC(=O)CCNC(=O)CCCCCCCCCCC)nnc12. The highest BCUT2D eigenvalue weighted by atomic mass is 16.5. The first-order chi connectivity index (χ1) is 15.8. The van der Waals surface area contributed by atoms with Crippen LogP contribution in [0.4, 0.5) is 0 Å². The molecule has 1 N–H and O–H groups in total. The number of esters is 1. The number of aryl methyl sites for hydroxylation is 1. The quantitative estimate of drug-likeness (QED) is 0.303. The number of fused-ring (bicyclic) bond motifs is 1. The van der Waals surface area contributed by atoms with Crippen molar-refractivity contribution in [1.82, 2.24) is 25.1 Å². The number of nitrogens with zero attached hydrogens (tertiary/aromatic N) is 4. The molecule has 1 amide bonds. The Kier molecular flexibility index (Phi) is 10.7. The van der Waals surface area contributed by atoms with Gasteiger partial charge < -0.3 is 10.1 Å². The van der Waals surface area contributed by atoms with E-state index >= 15 is 0 Å². The van der Waals surface area contributed by atoms with Crippen LogP contribution in [0.1, 0.15) is 103 Å². The fourth-order valence-corrected chi connectivity index (χ4v) is 3.74. The van der Waals surface area contributed by atoms with Crippen molar-refractivity contribution < 1.29 is 14.3 Å². The van der Waals surface area contributed by atoms with Gasteiger partial charge in [0.2, 0.25) is 5.91 Å². The monoisotopic (exact) mass is 459 g/mol. The summed E-state index contributed by atoms with van der Waals surface area (Å²) in [7, 11) is 0. The van der Waals surface area contributed by atoms with Crippen LogP contribution >= 0.6 is 0 Å². The molecular formula is C25H41N5O3. The average Bonchev–Trinajstić information content (AvgIpc) is 3.31. The normalized spacial score (nSPS) is 11.8. The fraction of sp³-hybridized carbons (Fsp3) is 0.720. The summed E-state index contributed by atoms with van der Waals surface area (Å²) in [4.78, 5) is 24.1. The third kappa shape index (κ3) is 8.41. The van der Waals surface area contributed by atoms with E-state index in [1.807, 2.05) is 20.8 Å². The van der Waals surface area contributed by atoms with Crippen LogP contribution in [0.2, 0.25) is 0 Å². The molecule has 8 heteroatoms. The number of unbranched alkanes of at least 4 members (excludes halogenated alkanes) is 8. The van der Waals surface area contributed by atoms with Gasteiger partial charge in [-0.3, -0.25) is 9.59 Å². The van der Waals surface area contributed by atoms with Gasteiger partial charge in [0.25, 0.3) is 0 Å². The first kappa shape index (κ1) is 26.7. The summed E-state index contributed by atoms with van der Waals surface area (Å²) >= 11 is 0. The zero-order valence-corrected chi connectivity index (χ0v) is 20.9. The van der Waals surface area contributed by atoms with Gasteiger partial charge >= 0.3 is 5.97 Å². The number of rotatable bonds is 16. The Morgan fingerprint density at radius 1 is 1.00 bits per heavy atom. The van der Waals surface area contributed by atoms with Crippen molar-refractivity contribution in [3.8, 4) is 0 Å². The van der Waals surface area contributed by atoms with Crippen LogP contribution < -0.4 is 10.5 Å². The van der Waals surface area contributed by atoms with Crippen molar-refractivity contribution in [2.75, 3.05) is 13.2 Å². The molecule has 2 aromatic rings. The number of nitrogens with one attached hydrogen (secondary N) is 1. The number of aromatic nitrogens is 4. The maximum absolute atomic E-state index is 12.1. The van der Waals surface area contributed by atoms with E-state index in [0.717, 1.165) is 23.8 Å². The largest absolute Gasteiger partial charge is 0.465 e. The van der Waals surface area contributed by atoms with E-state index in [0.29, 0.717) is 24.4 Å². The lowest BCUT2D eigenvalue weighted by atomic mass is 9.94. The summed E-state index contributed by atoms with van der Waals surface area (Å²) in [5, 5.41) is 16.4. The predicted octanol–water partition coefficient (Wildman–Crippen LogP) is 3.81. The second-order valence-corrected chi connectivity index (χ2v) is 9.55. The second kappa shape index (κ2) is 13.3. The summed E-state index contributed by atoms with van der Waals surface area (Å²) < 4.78 is 7.11. The minimum Gasteiger partial charge on any atom is -0.465 e. The Labute approximate surface area is 197 Å². The minimum atomic E-state index is -0.561. The van der Waals surface area contributed by atoms with E-state index in [1.165, 1.54) is 44.9 Å². The lowest BCUT2D eigenvalue weighted by Gasteiger charge is -2.21. The summed E-state index contributed by atoms with van der Waals surface area (Å²) in [6, 6.07) is 0. The van der Waals surface area contributed by atoms with Crippen LogP contribution in [0.15, 0.2) is 0 Å². The lowest BCUT2D eigenvalue weighted by molar-refractivity contribution is -0.145. The molecule has 0 aliphatic heterocycles. The first-order valence-electron chi connectivity index (χ1n) is 12.4. The summed E-state index contributed by atoms with van der Waals surface area (Å²) in [5.74, 6) is 0.271. The molecule has 0 saturated heterocycles. The second-order valence-electron chi connectivity index (χ2n) is 9.55. The van der Waals surface area contributed by atoms with E-state index in [-0.39, 0.29) is 24.9 Å². The number of amides is 1. The Morgan fingerprint density at radius 3 is 2.30 bits per heavy atom. The molecule has 2 rings (SSSR count). The van der Waals surface area contributed by atoms with Gasteiger partial charge in [0.15, 0.2) is 11.5 Å². The first-order valence-corrected chi connectivity index (χ1v) is 12.4. The van der Waals surface area contributed by atoms with Gasteiger partial charge in [-0.1, -0.05) is 64.9 Å². The van der Waals surface area contributed by atoms with Crippen LogP contribution in [0.25, 0.3) is 12.2 Å². The van der Waals surface area contributed by atoms with Crippen LogP contribution in [0.5, 0.6) is 0 Å². The van der Waals surface area contributed by atoms with E-state index < -0.39 is 5.41 Å². The average molecular weight is 460 g/mol. The molecule has 0 saturated carbocycles. The number of carbonyl (C=O) groups excluding carboxylic acids is 2. The predicted molar refractivity (Wildman–Crippen MR) is 130 cm³/mol. The van der Waals surface area contributed by atoms with Gasteiger partial charge in [-0.2, -0.15) is 9.61 Å². The van der Waals surface area contributed by atoms with Gasteiger partial charge in [-0.25, -0.2) is 0 Å². The number of hydrogen-bond donors (Lipinski definition) is 1. The smallest absolute Gasteiger partial charge is 0.307 e. The van der Waals surface area contributed by atoms with Crippen LogP contribution in [-0.2, 0) is 19.7 Å². The standard InChI is InChI=1S/C25H41N5O3/c1-6-7-8-9-10-11-12-13-14-15-21(31)26-17-16-22(32)33-18-25(4,5)24-28-27-23-19(2)20(3)29-30(23)24/h2,6-18H2,1,3-5H3,(H,26,31). The maximum Gasteiger partial charge on any atom is 0.307 e. The van der Waals surface area contributed by atoms with E-state index in [2.05, 4.69) is 34.1 Å². The molecule has 2 aromatic heterocycles. The topological polar surface area (TPSA) is 98.5 Å². The molecule has 0 fully saturated rings. The van der Waals surface area contributed by atoms with Crippen LogP contribution in [-0.4, -0.2) is 44.8 Å². The molecule has 8 nitrogen and oxygen atoms in total. The van der Waals surface area contributed by atoms with Gasteiger partial charge in [0.05, 0.1) is 17.5 Å². The zero-order valence-electron chi connectivity index (χ0n) is 20.9. The molecule has 0 aliphatic carbocycles. The van der Waals surface area contributed by atoms with Crippen molar-refractivity contribution in [1.29, 1.82) is 0 Å². The molecule has 0 atom stereocenters. The van der Waals surface area contributed by atoms with E-state index in [4.69, 9.17) is 4.74 Å². The molecule has 2 heterocycles. The molecule has 0 unspecified atom stereocenters. The highest BCUT2D eigenvalue weighted by Gasteiger charge is 2.30. The summed E-state index contributed by atoms with van der Waals surface area (Å²) in [5.41, 5.74) is 0.859. The van der Waals surface area contributed by atoms with Crippen molar-refractivity contribution in [2.24, 2.45) is 0 Å². The van der Waals surface area contributed by atoms with Gasteiger partial charge in [-0.15, -0.1) is 10.2 Å². The van der Waals surface area contributed by atoms with Crippen LogP contribution in [0.3, 0.4) is 0 Å². The lowest BCUT2D eigenvalue weighted by Crippen LogP contribution is -2.31. The third-order valence-electron chi connectivity index (χ3n) is 5.96. The van der Waals surface area contributed by atoms with Crippen molar-refractivity contribution in [2.45, 2.75) is 104 Å². The zero-order chi connectivity index (χ0) is 24.3. The van der Waals surface area contributed by atoms with Crippen LogP contribution in [0, 0.1) is 6.92 Å². The molecule has 0 spiro atoms. The molecule has 0 aromatic carbocycles. The summed E-state index contributed by atoms with van der Waals surface area (Å²) in [6.45, 7) is 12.4. The Hall–Kier alpha value is -2.51. The van der Waals surface area contributed by atoms with Gasteiger partial charge in [0.1, 0.15) is 6.61 Å². The molecule has 0 bridgehead atoms. The number of carbonyl (C=O) groups is 2. The Balaban J connectivity index is 1.59. The van der Waals surface area contributed by atoms with Crippen molar-refractivity contribution in [3.63, 3.8) is 0 Å². The molecular weight excluding hydrogens is 418 g/mol. The van der Waals surface area contributed by atoms with Gasteiger partial charge in [-0.05, 0) is 27.2 Å². The highest BCUT2D eigenvalue weighted by molar-refractivity contribution is 5.77. The number of ether oxygens (including phenoxy) is 1. The van der Waals surface area contributed by atoms with E-state index in [1.54, 1.807) is 4.52 Å². The van der Waals surface area contributed by atoms with Gasteiger partial charge in [0, 0.05) is 18.2 Å². The fourth-order valence-electron chi connectivity index (χ4n) is 3.74. The van der Waals surface area contributed by atoms with E-state index in [9.17, 15) is 9.59 Å². The van der Waals surface area contributed by atoms with Crippen molar-refractivity contribution in [3.05, 3.63) is 16.7 Å². The molecule has 0 radical (unpaired) electrons. The number of hydrogen-bond acceptors (Lipinski definition) is 6. The minimum absolute atomic E-state index is 0.00133. The molecule has 33 heavy (non-hydrogen) atoms. The molecule has 184 valence electrons. The maximum atomic E-state index is 12.1.